The summed E-state index contributed by atoms with van der Waals surface area (Å²) in [6, 6.07) is 12.2. The molecule has 16 heteroatoms. The lowest BCUT2D eigenvalue weighted by Crippen LogP contribution is -2.37. The number of hydrogen-bond acceptors (Lipinski definition) is 12. The van der Waals surface area contributed by atoms with Crippen LogP contribution in [0.25, 0.3) is 5.65 Å². The fourth-order valence-electron chi connectivity index (χ4n) is 4.06. The Balaban J connectivity index is 0.000000375. The Hall–Kier alpha value is -6.16. The van der Waals surface area contributed by atoms with Crippen molar-refractivity contribution in [3.05, 3.63) is 115 Å². The van der Waals surface area contributed by atoms with Crippen molar-refractivity contribution in [3.8, 4) is 0 Å². The van der Waals surface area contributed by atoms with E-state index in [2.05, 4.69) is 25.5 Å². The summed E-state index contributed by atoms with van der Waals surface area (Å²) in [6.07, 6.45) is 1.22. The van der Waals surface area contributed by atoms with Crippen molar-refractivity contribution in [2.45, 2.75) is 27.1 Å². The summed E-state index contributed by atoms with van der Waals surface area (Å²) in [4.78, 5) is 61.7. The number of esters is 1. The Bertz CT molecular complexity index is 1980. The third kappa shape index (κ3) is 7.31. The molecule has 0 atom stereocenters. The van der Waals surface area contributed by atoms with Crippen LogP contribution in [0.3, 0.4) is 0 Å². The van der Waals surface area contributed by atoms with Crippen molar-refractivity contribution < 1.29 is 28.6 Å². The number of carboxylic acid groups (broad SMARTS) is 1. The summed E-state index contributed by atoms with van der Waals surface area (Å²) >= 11 is 0. The van der Waals surface area contributed by atoms with Crippen molar-refractivity contribution in [2.75, 3.05) is 23.9 Å². The highest BCUT2D eigenvalue weighted by Gasteiger charge is 2.20. The van der Waals surface area contributed by atoms with E-state index in [-0.39, 0.29) is 66.1 Å². The van der Waals surface area contributed by atoms with Crippen molar-refractivity contribution in [2.24, 2.45) is 5.73 Å². The van der Waals surface area contributed by atoms with Crippen LogP contribution in [-0.2, 0) is 24.4 Å². The quantitative estimate of drug-likeness (QED) is 0.0993. The Morgan fingerprint density at radius 3 is 2.28 bits per heavy atom. The molecule has 1 amide bonds. The Morgan fingerprint density at radius 1 is 1.00 bits per heavy atom. The third-order valence-corrected chi connectivity index (χ3v) is 6.53. The van der Waals surface area contributed by atoms with E-state index in [9.17, 15) is 33.5 Å². The van der Waals surface area contributed by atoms with Gasteiger partial charge >= 0.3 is 11.9 Å². The number of carbonyl (C=O) groups excluding carboxylic acids is 2. The Labute approximate surface area is 260 Å². The summed E-state index contributed by atoms with van der Waals surface area (Å²) < 4.78 is 19.7. The lowest BCUT2D eigenvalue weighted by Gasteiger charge is -2.12. The number of nitrogens with zero attached hydrogens (tertiary/aromatic N) is 3. The van der Waals surface area contributed by atoms with Gasteiger partial charge in [0, 0.05) is 31.3 Å². The minimum Gasteiger partial charge on any atom is -0.477 e. The molecule has 0 aliphatic carbocycles. The molecule has 0 saturated heterocycles. The summed E-state index contributed by atoms with van der Waals surface area (Å²) in [7, 11) is 1.36. The van der Waals surface area contributed by atoms with Crippen molar-refractivity contribution in [1.82, 2.24) is 19.9 Å². The average molecular weight is 635 g/mol. The monoisotopic (exact) mass is 634 g/mol. The number of nitrogens with one attached hydrogen (secondary N) is 2. The summed E-state index contributed by atoms with van der Waals surface area (Å²) in [5, 5.41) is 18.4. The van der Waals surface area contributed by atoms with Crippen molar-refractivity contribution in [1.29, 1.82) is 0 Å². The predicted molar refractivity (Wildman–Crippen MR) is 167 cm³/mol. The molecule has 5 aromatic rings. The molecule has 2 heterocycles. The molecule has 0 bridgehead atoms. The largest absolute Gasteiger partial charge is 0.477 e. The second kappa shape index (κ2) is 14.5. The average Bonchev–Trinajstić information content (AvgIpc) is 3.43. The first kappa shape index (κ1) is 34.3. The number of hydrogen-bond donors (Lipinski definition) is 6. The van der Waals surface area contributed by atoms with Gasteiger partial charge in [-0.2, -0.15) is 5.10 Å². The Morgan fingerprint density at radius 2 is 1.67 bits per heavy atom. The van der Waals surface area contributed by atoms with E-state index in [0.717, 1.165) is 16.1 Å². The van der Waals surface area contributed by atoms with Gasteiger partial charge in [0.25, 0.3) is 16.8 Å². The minimum atomic E-state index is -1.32. The molecule has 3 aromatic carbocycles. The van der Waals surface area contributed by atoms with Gasteiger partial charge in [0.2, 0.25) is 0 Å². The number of nitrogens with two attached hydrogens (primary N) is 3. The molecule has 9 N–H and O–H groups in total. The van der Waals surface area contributed by atoms with E-state index >= 15 is 0 Å². The van der Waals surface area contributed by atoms with Crippen molar-refractivity contribution >= 4 is 40.6 Å². The van der Waals surface area contributed by atoms with Gasteiger partial charge in [-0.05, 0) is 35.4 Å². The number of benzene rings is 2. The van der Waals surface area contributed by atoms with Crippen LogP contribution in [0.5, 0.6) is 0 Å². The number of methoxy groups -OCH3 is 1. The zero-order valence-electron chi connectivity index (χ0n) is 23.7. The number of anilines is 3. The second-order valence-corrected chi connectivity index (χ2v) is 9.47. The molecule has 15 nitrogen and oxygen atoms in total. The molecule has 0 radical (unpaired) electrons. The van der Waals surface area contributed by atoms with Gasteiger partial charge in [0.1, 0.15) is 22.9 Å². The van der Waals surface area contributed by atoms with E-state index in [1.807, 2.05) is 12.1 Å². The van der Waals surface area contributed by atoms with Crippen LogP contribution < -0.4 is 38.7 Å². The topological polar surface area (TPSA) is 247 Å². The summed E-state index contributed by atoms with van der Waals surface area (Å²) in [6.45, 7) is 0.350. The molecule has 46 heavy (non-hydrogen) atoms. The number of halogens is 1. The van der Waals surface area contributed by atoms with Gasteiger partial charge in [0.15, 0.2) is 11.3 Å². The van der Waals surface area contributed by atoms with E-state index in [0.29, 0.717) is 17.7 Å². The van der Waals surface area contributed by atoms with Gasteiger partial charge in [-0.15, -0.1) is 0 Å². The van der Waals surface area contributed by atoms with Gasteiger partial charge < -0.3 is 37.7 Å². The van der Waals surface area contributed by atoms with Crippen LogP contribution >= 0.6 is 0 Å². The zero-order valence-corrected chi connectivity index (χ0v) is 23.7. The molecule has 2 aromatic heterocycles. The lowest BCUT2D eigenvalue weighted by molar-refractivity contribution is 0.0599. The maximum atomic E-state index is 14.1. The van der Waals surface area contributed by atoms with Crippen LogP contribution in [-0.4, -0.2) is 44.7 Å². The highest BCUT2D eigenvalue weighted by molar-refractivity contribution is 5.96. The zero-order chi connectivity index (χ0) is 32.8. The molecule has 5 rings (SSSR count). The first-order valence-corrected chi connectivity index (χ1v) is 13.1. The number of nitrogen functional groups attached to an aromatic ring is 2. The van der Waals surface area contributed by atoms with Crippen LogP contribution in [0.1, 0.15) is 55.5 Å². The number of amides is 1. The number of aromatic nitrogens is 3. The maximum Gasteiger partial charge on any atom is 0.354 e. The molecule has 0 saturated carbocycles. The highest BCUT2D eigenvalue weighted by Crippen LogP contribution is 2.17. The van der Waals surface area contributed by atoms with E-state index < -0.39 is 28.6 Å². The van der Waals surface area contributed by atoms with Gasteiger partial charge in [-0.3, -0.25) is 14.4 Å². The first-order chi connectivity index (χ1) is 21.4. The van der Waals surface area contributed by atoms with Crippen LogP contribution in [0, 0.1) is 5.82 Å². The molecule has 0 aliphatic rings. The summed E-state index contributed by atoms with van der Waals surface area (Å²) in [5.41, 5.74) is 16.6. The third-order valence-electron chi connectivity index (χ3n) is 6.53. The van der Waals surface area contributed by atoms with Crippen molar-refractivity contribution in [3.63, 3.8) is 0 Å². The van der Waals surface area contributed by atoms with E-state index in [1.54, 1.807) is 12.1 Å². The Kier molecular flexibility index (Phi) is 10.9. The van der Waals surface area contributed by atoms with Gasteiger partial charge in [-0.25, -0.2) is 23.5 Å². The SMILES string of the molecule is C.COC(=O)c1ccc(CN)cc1.Nc1c(NCc2cc(CNC(=O)c3cc(C(=O)O)n4ncc(N)c4n3)ccc2F)c(=O)c1=O. The van der Waals surface area contributed by atoms with Gasteiger partial charge in [-0.1, -0.05) is 25.6 Å². The lowest BCUT2D eigenvalue weighted by atomic mass is 10.1. The number of rotatable bonds is 9. The van der Waals surface area contributed by atoms with Gasteiger partial charge in [0.05, 0.1) is 24.6 Å². The van der Waals surface area contributed by atoms with Crippen LogP contribution in [0.2, 0.25) is 0 Å². The second-order valence-electron chi connectivity index (χ2n) is 9.47. The number of carboxylic acids is 1. The smallest absolute Gasteiger partial charge is 0.354 e. The maximum absolute atomic E-state index is 14.1. The molecule has 0 aliphatic heterocycles. The predicted octanol–water partition coefficient (Wildman–Crippen LogP) is 1.44. The van der Waals surface area contributed by atoms with E-state index in [4.69, 9.17) is 17.2 Å². The number of carbonyl (C=O) groups is 3. The first-order valence-electron chi connectivity index (χ1n) is 13.1. The number of ether oxygens (including phenoxy) is 1. The standard InChI is InChI=1S/C20H16FN7O5.C9H11NO2.CH4/c21-10-2-1-8(3-9(10)6-24-15-14(23)16(29)17(15)30)5-25-19(31)12-4-13(20(32)33)28-18(27-12)11(22)7-26-28;1-12-9(11)8-4-2-7(6-10)3-5-8;/h1-4,7,24H,5-6,22-23H2,(H,25,31)(H,32,33);2-5H,6,10H2,1H3;1H4. The van der Waals surface area contributed by atoms with E-state index in [1.165, 1.54) is 31.5 Å². The number of aromatic carboxylic acids is 1. The fraction of sp³-hybridized carbons (Fsp3) is 0.167. The molecular weight excluding hydrogens is 603 g/mol. The van der Waals surface area contributed by atoms with Crippen LogP contribution in [0.4, 0.5) is 21.5 Å². The molecule has 240 valence electrons. The normalized spacial score (nSPS) is 10.4. The van der Waals surface area contributed by atoms with Crippen LogP contribution in [0.15, 0.2) is 64.3 Å². The summed E-state index contributed by atoms with van der Waals surface area (Å²) in [5.74, 6) is -2.89. The molecule has 0 unspecified atom stereocenters. The molecule has 0 fully saturated rings. The molecular formula is C30H31FN8O7. The number of fused-ring (bicyclic) bond motifs is 1. The molecule has 0 spiro atoms. The highest BCUT2D eigenvalue weighted by atomic mass is 19.1. The fourth-order valence-corrected chi connectivity index (χ4v) is 4.06. The minimum absolute atomic E-state index is 0.